The zero-order valence-electron chi connectivity index (χ0n) is 15.3. The molecule has 134 valence electrons. The molecule has 1 aromatic rings. The van der Waals surface area contributed by atoms with Crippen LogP contribution in [-0.4, -0.2) is 10.8 Å². The Morgan fingerprint density at radius 3 is 2.76 bits per heavy atom. The summed E-state index contributed by atoms with van der Waals surface area (Å²) in [5.74, 6) is 0.0592. The molecule has 0 heterocycles. The molecule has 1 aliphatic carbocycles. The minimum absolute atomic E-state index is 0.255. The summed E-state index contributed by atoms with van der Waals surface area (Å²) >= 11 is 5.15. The third kappa shape index (κ3) is 5.49. The highest BCUT2D eigenvalue weighted by atomic mass is 32.1. The second-order valence-electron chi connectivity index (χ2n) is 7.11. The first-order chi connectivity index (χ1) is 11.8. The molecule has 0 aromatic heterocycles. The molecular weight excluding hydrogens is 333 g/mol. The monoisotopic (exact) mass is 359 g/mol. The lowest BCUT2D eigenvalue weighted by molar-refractivity contribution is 0.255. The predicted molar refractivity (Wildman–Crippen MR) is 108 cm³/mol. The van der Waals surface area contributed by atoms with Crippen LogP contribution in [0.5, 0.6) is 0 Å². The van der Waals surface area contributed by atoms with Gasteiger partial charge in [-0.3, -0.25) is 5.43 Å². The molecule has 0 unspecified atom stereocenters. The quantitative estimate of drug-likeness (QED) is 0.326. The highest BCUT2D eigenvalue weighted by Gasteiger charge is 2.30. The maximum atomic E-state index is 13.6. The molecule has 25 heavy (non-hydrogen) atoms. The Labute approximate surface area is 155 Å². The minimum Gasteiger partial charge on any atom is -0.329 e. The van der Waals surface area contributed by atoms with E-state index in [9.17, 15) is 4.39 Å². The maximum absolute atomic E-state index is 13.6. The van der Waals surface area contributed by atoms with Crippen molar-refractivity contribution in [3.8, 4) is 0 Å². The van der Waals surface area contributed by atoms with Crippen LogP contribution >= 0.6 is 12.2 Å². The van der Waals surface area contributed by atoms with Gasteiger partial charge in [-0.25, -0.2) is 4.39 Å². The summed E-state index contributed by atoms with van der Waals surface area (Å²) in [6.45, 7) is 8.70. The van der Waals surface area contributed by atoms with Crippen molar-refractivity contribution in [2.24, 2.45) is 16.4 Å². The normalized spacial score (nSPS) is 20.3. The summed E-state index contributed by atoms with van der Waals surface area (Å²) < 4.78 is 13.6. The van der Waals surface area contributed by atoms with E-state index in [-0.39, 0.29) is 16.3 Å². The van der Waals surface area contributed by atoms with Crippen molar-refractivity contribution in [3.63, 3.8) is 0 Å². The first-order valence-electron chi connectivity index (χ1n) is 8.50. The van der Waals surface area contributed by atoms with Crippen LogP contribution in [0.2, 0.25) is 0 Å². The van der Waals surface area contributed by atoms with Crippen LogP contribution < -0.4 is 10.7 Å². The van der Waals surface area contributed by atoms with E-state index in [4.69, 9.17) is 12.2 Å². The van der Waals surface area contributed by atoms with Crippen LogP contribution in [0.1, 0.15) is 40.5 Å². The van der Waals surface area contributed by atoms with Crippen LogP contribution in [0.3, 0.4) is 0 Å². The van der Waals surface area contributed by atoms with Gasteiger partial charge in [-0.05, 0) is 62.5 Å². The van der Waals surface area contributed by atoms with Gasteiger partial charge >= 0.3 is 0 Å². The van der Waals surface area contributed by atoms with Crippen LogP contribution in [0.25, 0.3) is 0 Å². The average Bonchev–Trinajstić information content (AvgIpc) is 2.54. The third-order valence-electron chi connectivity index (χ3n) is 4.57. The fraction of sp³-hybridized carbons (Fsp3) is 0.400. The molecule has 0 spiro atoms. The van der Waals surface area contributed by atoms with E-state index in [0.717, 1.165) is 12.1 Å². The predicted octanol–water partition coefficient (Wildman–Crippen LogP) is 5.43. The molecule has 1 aliphatic rings. The van der Waals surface area contributed by atoms with E-state index in [1.54, 1.807) is 18.2 Å². The van der Waals surface area contributed by atoms with E-state index in [0.29, 0.717) is 11.6 Å². The SMILES string of the molecule is CC1=CCCC(C)(C)[C@@H]1/C=C/C(C)=N\NC(=S)Nc1ccccc1F. The number of para-hydroxylation sites is 1. The second-order valence-corrected chi connectivity index (χ2v) is 7.52. The number of hydrogen-bond acceptors (Lipinski definition) is 2. The number of thiocarbonyl (C=S) groups is 1. The number of hydrogen-bond donors (Lipinski definition) is 2. The number of nitrogens with zero attached hydrogens (tertiary/aromatic N) is 1. The van der Waals surface area contributed by atoms with Gasteiger partial charge in [0.05, 0.1) is 11.4 Å². The highest BCUT2D eigenvalue weighted by molar-refractivity contribution is 7.80. The lowest BCUT2D eigenvalue weighted by Crippen LogP contribution is -2.26. The summed E-state index contributed by atoms with van der Waals surface area (Å²) in [4.78, 5) is 0. The van der Waals surface area contributed by atoms with E-state index in [1.165, 1.54) is 18.1 Å². The Morgan fingerprint density at radius 2 is 2.08 bits per heavy atom. The van der Waals surface area contributed by atoms with Gasteiger partial charge in [0, 0.05) is 5.92 Å². The Bertz CT molecular complexity index is 719. The molecule has 2 rings (SSSR count). The third-order valence-corrected chi connectivity index (χ3v) is 4.77. The summed E-state index contributed by atoms with van der Waals surface area (Å²) in [7, 11) is 0. The number of halogens is 1. The number of hydrazone groups is 1. The maximum Gasteiger partial charge on any atom is 0.191 e. The number of rotatable bonds is 4. The molecule has 0 radical (unpaired) electrons. The molecule has 0 saturated heterocycles. The van der Waals surface area contributed by atoms with Gasteiger partial charge in [-0.15, -0.1) is 0 Å². The van der Waals surface area contributed by atoms with Crippen molar-refractivity contribution >= 4 is 28.7 Å². The van der Waals surface area contributed by atoms with Gasteiger partial charge < -0.3 is 5.32 Å². The molecule has 0 bridgehead atoms. The van der Waals surface area contributed by atoms with Gasteiger partial charge in [0.25, 0.3) is 0 Å². The first-order valence-corrected chi connectivity index (χ1v) is 8.91. The average molecular weight is 360 g/mol. The van der Waals surface area contributed by atoms with E-state index < -0.39 is 0 Å². The number of allylic oxidation sites excluding steroid dienone is 4. The lowest BCUT2D eigenvalue weighted by Gasteiger charge is -2.36. The molecule has 1 atom stereocenters. The highest BCUT2D eigenvalue weighted by Crippen LogP contribution is 2.41. The molecule has 2 N–H and O–H groups in total. The molecule has 0 fully saturated rings. The summed E-state index contributed by atoms with van der Waals surface area (Å²) in [5.41, 5.74) is 5.55. The van der Waals surface area contributed by atoms with Crippen molar-refractivity contribution in [1.29, 1.82) is 0 Å². The van der Waals surface area contributed by atoms with Crippen LogP contribution in [0.4, 0.5) is 10.1 Å². The topological polar surface area (TPSA) is 36.4 Å². The molecule has 5 heteroatoms. The number of anilines is 1. The van der Waals surface area contributed by atoms with E-state index in [1.807, 2.05) is 13.0 Å². The molecule has 3 nitrogen and oxygen atoms in total. The van der Waals surface area contributed by atoms with Gasteiger partial charge in [0.1, 0.15) is 5.82 Å². The van der Waals surface area contributed by atoms with Crippen molar-refractivity contribution < 1.29 is 4.39 Å². The molecule has 0 saturated carbocycles. The molecule has 0 amide bonds. The minimum atomic E-state index is -0.353. The number of benzene rings is 1. The standard InChI is InChI=1S/C20H26FN3S/c1-14-8-7-13-20(3,4)16(14)12-11-15(2)23-24-19(25)22-18-10-6-5-9-17(18)21/h5-6,8-12,16H,7,13H2,1-4H3,(H2,22,24,25)/b12-11+,23-15-/t16-/m1/s1. The van der Waals surface area contributed by atoms with E-state index >= 15 is 0 Å². The summed E-state index contributed by atoms with van der Waals surface area (Å²) in [6.07, 6.45) is 8.86. The fourth-order valence-electron chi connectivity index (χ4n) is 3.11. The van der Waals surface area contributed by atoms with Crippen molar-refractivity contribution in [2.45, 2.75) is 40.5 Å². The Hall–Kier alpha value is -2.01. The fourth-order valence-corrected chi connectivity index (χ4v) is 3.26. The molecular formula is C20H26FN3S. The number of nitrogens with one attached hydrogen (secondary N) is 2. The molecule has 0 aliphatic heterocycles. The van der Waals surface area contributed by atoms with Crippen LogP contribution in [0.15, 0.2) is 53.2 Å². The Morgan fingerprint density at radius 1 is 1.36 bits per heavy atom. The van der Waals surface area contributed by atoms with E-state index in [2.05, 4.69) is 48.8 Å². The van der Waals surface area contributed by atoms with Crippen molar-refractivity contribution in [1.82, 2.24) is 5.43 Å². The second kappa shape index (κ2) is 8.39. The first kappa shape index (κ1) is 19.3. The lowest BCUT2D eigenvalue weighted by atomic mass is 9.68. The zero-order chi connectivity index (χ0) is 18.4. The summed E-state index contributed by atoms with van der Waals surface area (Å²) in [6, 6.07) is 6.38. The van der Waals surface area contributed by atoms with Crippen LogP contribution in [-0.2, 0) is 0 Å². The van der Waals surface area contributed by atoms with Gasteiger partial charge in [-0.2, -0.15) is 5.10 Å². The van der Waals surface area contributed by atoms with Gasteiger partial charge in [0.15, 0.2) is 5.11 Å². The van der Waals surface area contributed by atoms with Gasteiger partial charge in [0.2, 0.25) is 0 Å². The van der Waals surface area contributed by atoms with Crippen LogP contribution in [0, 0.1) is 17.2 Å². The van der Waals surface area contributed by atoms with Crippen molar-refractivity contribution in [2.75, 3.05) is 5.32 Å². The summed E-state index contributed by atoms with van der Waals surface area (Å²) in [5, 5.41) is 7.29. The zero-order valence-corrected chi connectivity index (χ0v) is 16.1. The Kier molecular flexibility index (Phi) is 6.48. The Balaban J connectivity index is 1.95. The molecule has 1 aromatic carbocycles. The smallest absolute Gasteiger partial charge is 0.191 e. The van der Waals surface area contributed by atoms with Crippen molar-refractivity contribution in [3.05, 3.63) is 53.9 Å². The van der Waals surface area contributed by atoms with Gasteiger partial charge in [-0.1, -0.05) is 43.7 Å². The largest absolute Gasteiger partial charge is 0.329 e.